The van der Waals surface area contributed by atoms with E-state index in [1.165, 1.54) is 12.1 Å². The van der Waals surface area contributed by atoms with Gasteiger partial charge in [0.25, 0.3) is 5.69 Å². The van der Waals surface area contributed by atoms with Crippen molar-refractivity contribution in [3.05, 3.63) is 79.7 Å². The molecule has 1 aliphatic heterocycles. The SMILES string of the molecule is Cc1c(Cc2cccc([N+](=O)[O-])c2)c(=O)oc2cc(OCC(O)CN3CCC(C(N)=O)CC3)ccc12. The Morgan fingerprint density at radius 3 is 2.72 bits per heavy atom. The quantitative estimate of drug-likeness (QED) is 0.261. The summed E-state index contributed by atoms with van der Waals surface area (Å²) in [6, 6.07) is 11.3. The first-order chi connectivity index (χ1) is 17.2. The standard InChI is InChI=1S/C26H29N3O7/c1-16-22-6-5-21(35-15-20(30)14-28-9-7-18(8-10-28)25(27)31)13-24(22)36-26(32)23(16)12-17-3-2-4-19(11-17)29(33)34/h2-6,11,13,18,20,30H,7-10,12,14-15H2,1H3,(H2,27,31). The summed E-state index contributed by atoms with van der Waals surface area (Å²) in [5.41, 5.74) is 7.00. The molecule has 2 heterocycles. The van der Waals surface area contributed by atoms with E-state index >= 15 is 0 Å². The number of amides is 1. The van der Waals surface area contributed by atoms with Gasteiger partial charge in [-0.2, -0.15) is 0 Å². The number of aliphatic hydroxyl groups excluding tert-OH is 1. The summed E-state index contributed by atoms with van der Waals surface area (Å²) in [7, 11) is 0. The van der Waals surface area contributed by atoms with Gasteiger partial charge in [-0.15, -0.1) is 0 Å². The Morgan fingerprint density at radius 1 is 1.28 bits per heavy atom. The second kappa shape index (κ2) is 10.9. The number of nitro groups is 1. The molecular formula is C26H29N3O7. The fourth-order valence-electron chi connectivity index (χ4n) is 4.60. The van der Waals surface area contributed by atoms with Crippen LogP contribution in [0.2, 0.25) is 0 Å². The summed E-state index contributed by atoms with van der Waals surface area (Å²) < 4.78 is 11.3. The Labute approximate surface area is 207 Å². The van der Waals surface area contributed by atoms with E-state index in [-0.39, 0.29) is 30.5 Å². The molecule has 1 unspecified atom stereocenters. The number of benzene rings is 2. The third-order valence-corrected chi connectivity index (χ3v) is 6.66. The summed E-state index contributed by atoms with van der Waals surface area (Å²) in [6.07, 6.45) is 0.869. The van der Waals surface area contributed by atoms with Gasteiger partial charge in [0, 0.05) is 48.0 Å². The number of hydrogen-bond acceptors (Lipinski definition) is 8. The number of carbonyl (C=O) groups excluding carboxylic acids is 1. The number of aliphatic hydroxyl groups is 1. The lowest BCUT2D eigenvalue weighted by Gasteiger charge is -2.31. The maximum absolute atomic E-state index is 12.7. The number of β-amino-alcohol motifs (C(OH)–C–C–N with tert-alkyl or cyclic N) is 1. The van der Waals surface area contributed by atoms with Gasteiger partial charge in [0.1, 0.15) is 24.0 Å². The highest BCUT2D eigenvalue weighted by Crippen LogP contribution is 2.26. The van der Waals surface area contributed by atoms with Gasteiger partial charge in [-0.25, -0.2) is 4.79 Å². The van der Waals surface area contributed by atoms with Crippen molar-refractivity contribution in [2.24, 2.45) is 11.7 Å². The van der Waals surface area contributed by atoms with Gasteiger partial charge in [-0.3, -0.25) is 14.9 Å². The van der Waals surface area contributed by atoms with Gasteiger partial charge in [-0.05, 0) is 56.1 Å². The minimum atomic E-state index is -0.725. The van der Waals surface area contributed by atoms with Crippen molar-refractivity contribution in [2.45, 2.75) is 32.3 Å². The molecule has 10 heteroatoms. The summed E-state index contributed by atoms with van der Waals surface area (Å²) in [5, 5.41) is 22.2. The number of nitro benzene ring substituents is 1. The van der Waals surface area contributed by atoms with E-state index in [2.05, 4.69) is 4.90 Å². The fourth-order valence-corrected chi connectivity index (χ4v) is 4.60. The van der Waals surface area contributed by atoms with Crippen LogP contribution in [-0.2, 0) is 11.2 Å². The molecule has 4 rings (SSSR count). The number of rotatable bonds is 9. The monoisotopic (exact) mass is 495 g/mol. The van der Waals surface area contributed by atoms with Crippen molar-refractivity contribution in [2.75, 3.05) is 26.2 Å². The number of nitrogens with two attached hydrogens (primary N) is 1. The van der Waals surface area contributed by atoms with Crippen LogP contribution in [0.25, 0.3) is 11.0 Å². The minimum Gasteiger partial charge on any atom is -0.491 e. The first-order valence-electron chi connectivity index (χ1n) is 11.8. The molecule has 0 saturated carbocycles. The molecule has 1 saturated heterocycles. The molecule has 1 aliphatic rings. The van der Waals surface area contributed by atoms with Crippen LogP contribution in [0.1, 0.15) is 29.5 Å². The number of aryl methyl sites for hydroxylation is 1. The molecule has 0 aliphatic carbocycles. The molecule has 1 amide bonds. The van der Waals surface area contributed by atoms with Crippen molar-refractivity contribution >= 4 is 22.6 Å². The van der Waals surface area contributed by atoms with Crippen LogP contribution in [0.15, 0.2) is 51.7 Å². The molecule has 1 aromatic heterocycles. The van der Waals surface area contributed by atoms with Crippen LogP contribution < -0.4 is 16.1 Å². The van der Waals surface area contributed by atoms with Gasteiger partial charge in [0.2, 0.25) is 5.91 Å². The average Bonchev–Trinajstić information content (AvgIpc) is 2.85. The van der Waals surface area contributed by atoms with Gasteiger partial charge in [0.15, 0.2) is 0 Å². The van der Waals surface area contributed by atoms with Crippen molar-refractivity contribution in [1.29, 1.82) is 0 Å². The normalized spacial score (nSPS) is 15.6. The second-order valence-electron chi connectivity index (χ2n) is 9.20. The lowest BCUT2D eigenvalue weighted by Crippen LogP contribution is -2.43. The molecule has 36 heavy (non-hydrogen) atoms. The Morgan fingerprint density at radius 2 is 2.03 bits per heavy atom. The highest BCUT2D eigenvalue weighted by atomic mass is 16.6. The maximum Gasteiger partial charge on any atom is 0.340 e. The largest absolute Gasteiger partial charge is 0.491 e. The molecular weight excluding hydrogens is 466 g/mol. The van der Waals surface area contributed by atoms with Gasteiger partial charge < -0.3 is 24.9 Å². The molecule has 1 atom stereocenters. The molecule has 1 fully saturated rings. The zero-order chi connectivity index (χ0) is 25.8. The molecule has 0 radical (unpaired) electrons. The molecule has 3 aromatic rings. The number of nitrogens with zero attached hydrogens (tertiary/aromatic N) is 2. The number of fused-ring (bicyclic) bond motifs is 1. The van der Waals surface area contributed by atoms with Crippen LogP contribution in [0.4, 0.5) is 5.69 Å². The zero-order valence-corrected chi connectivity index (χ0v) is 20.0. The third kappa shape index (κ3) is 5.89. The number of hydrogen-bond donors (Lipinski definition) is 2. The van der Waals surface area contributed by atoms with E-state index in [0.29, 0.717) is 54.9 Å². The number of piperidine rings is 1. The average molecular weight is 496 g/mol. The number of non-ortho nitro benzene ring substituents is 1. The summed E-state index contributed by atoms with van der Waals surface area (Å²) in [4.78, 5) is 36.7. The van der Waals surface area contributed by atoms with Crippen LogP contribution in [0, 0.1) is 23.0 Å². The first kappa shape index (κ1) is 25.3. The number of primary amides is 1. The van der Waals surface area contributed by atoms with Gasteiger partial charge >= 0.3 is 5.63 Å². The van der Waals surface area contributed by atoms with Crippen molar-refractivity contribution in [3.63, 3.8) is 0 Å². The minimum absolute atomic E-state index is 0.0329. The predicted molar refractivity (Wildman–Crippen MR) is 133 cm³/mol. The van der Waals surface area contributed by atoms with Gasteiger partial charge in [0.05, 0.1) is 4.92 Å². The van der Waals surface area contributed by atoms with E-state index in [0.717, 1.165) is 10.9 Å². The summed E-state index contributed by atoms with van der Waals surface area (Å²) in [6.45, 7) is 3.70. The topological polar surface area (TPSA) is 149 Å². The van der Waals surface area contributed by atoms with Crippen molar-refractivity contribution in [3.8, 4) is 5.75 Å². The predicted octanol–water partition coefficient (Wildman–Crippen LogP) is 2.54. The van der Waals surface area contributed by atoms with E-state index in [1.807, 2.05) is 6.92 Å². The Hall–Kier alpha value is -3.76. The van der Waals surface area contributed by atoms with Crippen LogP contribution in [-0.4, -0.2) is 53.2 Å². The molecule has 2 aromatic carbocycles. The lowest BCUT2D eigenvalue weighted by atomic mass is 9.96. The summed E-state index contributed by atoms with van der Waals surface area (Å²) >= 11 is 0. The van der Waals surface area contributed by atoms with Crippen LogP contribution in [0.5, 0.6) is 5.75 Å². The first-order valence-corrected chi connectivity index (χ1v) is 11.8. The molecule has 190 valence electrons. The molecule has 10 nitrogen and oxygen atoms in total. The van der Waals surface area contributed by atoms with Crippen molar-refractivity contribution < 1.29 is 24.0 Å². The Balaban J connectivity index is 1.41. The Kier molecular flexibility index (Phi) is 7.66. The zero-order valence-electron chi connectivity index (χ0n) is 20.0. The van der Waals surface area contributed by atoms with Gasteiger partial charge in [-0.1, -0.05) is 12.1 Å². The smallest absolute Gasteiger partial charge is 0.340 e. The number of carbonyl (C=O) groups is 1. The van der Waals surface area contributed by atoms with Crippen LogP contribution in [0.3, 0.4) is 0 Å². The molecule has 0 bridgehead atoms. The fraction of sp³-hybridized carbons (Fsp3) is 0.385. The van der Waals surface area contributed by atoms with E-state index in [1.54, 1.807) is 30.3 Å². The number of likely N-dealkylation sites (tertiary alicyclic amines) is 1. The van der Waals surface area contributed by atoms with Crippen LogP contribution >= 0.6 is 0 Å². The second-order valence-corrected chi connectivity index (χ2v) is 9.20. The Bertz CT molecular complexity index is 1330. The highest BCUT2D eigenvalue weighted by molar-refractivity contribution is 5.82. The highest BCUT2D eigenvalue weighted by Gasteiger charge is 2.24. The van der Waals surface area contributed by atoms with E-state index < -0.39 is 16.7 Å². The van der Waals surface area contributed by atoms with Crippen molar-refractivity contribution in [1.82, 2.24) is 4.90 Å². The maximum atomic E-state index is 12.7. The molecule has 0 spiro atoms. The lowest BCUT2D eigenvalue weighted by molar-refractivity contribution is -0.384. The van der Waals surface area contributed by atoms with E-state index in [4.69, 9.17) is 14.9 Å². The third-order valence-electron chi connectivity index (χ3n) is 6.66. The number of ether oxygens (including phenoxy) is 1. The van der Waals surface area contributed by atoms with E-state index in [9.17, 15) is 24.8 Å². The molecule has 3 N–H and O–H groups in total. The summed E-state index contributed by atoms with van der Waals surface area (Å²) in [5.74, 6) is 0.0907.